The summed E-state index contributed by atoms with van der Waals surface area (Å²) in [6.45, 7) is 8.72. The van der Waals surface area contributed by atoms with Gasteiger partial charge in [-0.15, -0.1) is 0 Å². The lowest BCUT2D eigenvalue weighted by molar-refractivity contribution is 0.0731. The normalized spacial score (nSPS) is 10.6. The zero-order valence-corrected chi connectivity index (χ0v) is 17.2. The van der Waals surface area contributed by atoms with Crippen molar-refractivity contribution >= 4 is 16.9 Å². The van der Waals surface area contributed by atoms with Crippen LogP contribution in [-0.4, -0.2) is 30.8 Å². The first kappa shape index (κ1) is 20.5. The maximum Gasteiger partial charge on any atom is 0.347 e. The molecule has 1 heterocycles. The molecule has 0 bridgehead atoms. The van der Waals surface area contributed by atoms with Crippen molar-refractivity contribution in [1.82, 2.24) is 4.98 Å². The van der Waals surface area contributed by atoms with Gasteiger partial charge in [-0.2, -0.15) is 0 Å². The number of para-hydroxylation sites is 1. The number of rotatable bonds is 8. The third-order valence-corrected chi connectivity index (χ3v) is 4.20. The summed E-state index contributed by atoms with van der Waals surface area (Å²) < 4.78 is 22.8. The van der Waals surface area contributed by atoms with Crippen LogP contribution < -0.4 is 18.9 Å². The van der Waals surface area contributed by atoms with Crippen LogP contribution in [0.3, 0.4) is 0 Å². The van der Waals surface area contributed by atoms with Crippen molar-refractivity contribution in [3.8, 4) is 23.0 Å². The maximum atomic E-state index is 13.0. The number of aromatic nitrogens is 1. The second kappa shape index (κ2) is 9.28. The van der Waals surface area contributed by atoms with E-state index >= 15 is 0 Å². The highest BCUT2D eigenvalue weighted by atomic mass is 16.6. The van der Waals surface area contributed by atoms with Gasteiger partial charge in [0.25, 0.3) is 0 Å². The van der Waals surface area contributed by atoms with E-state index in [9.17, 15) is 4.79 Å². The first-order valence-corrected chi connectivity index (χ1v) is 9.72. The SMILES string of the molecule is CCOc1ccc(C(=O)Oc2cccc3ccc(C)nc23)c(OCC)c1OCC. The van der Waals surface area contributed by atoms with Gasteiger partial charge in [0.05, 0.1) is 19.8 Å². The van der Waals surface area contributed by atoms with Crippen LogP contribution in [0.15, 0.2) is 42.5 Å². The van der Waals surface area contributed by atoms with E-state index in [-0.39, 0.29) is 5.56 Å². The number of hydrogen-bond donors (Lipinski definition) is 0. The Morgan fingerprint density at radius 3 is 2.28 bits per heavy atom. The number of ether oxygens (including phenoxy) is 4. The van der Waals surface area contributed by atoms with Crippen molar-refractivity contribution in [1.29, 1.82) is 0 Å². The van der Waals surface area contributed by atoms with Crippen molar-refractivity contribution in [3.05, 3.63) is 53.7 Å². The molecular formula is C23H25NO5. The van der Waals surface area contributed by atoms with Crippen LogP contribution in [0.1, 0.15) is 36.8 Å². The number of nitrogens with zero attached hydrogens (tertiary/aromatic N) is 1. The van der Waals surface area contributed by atoms with Crippen molar-refractivity contribution in [2.75, 3.05) is 19.8 Å². The highest BCUT2D eigenvalue weighted by Gasteiger charge is 2.24. The summed E-state index contributed by atoms with van der Waals surface area (Å²) in [4.78, 5) is 17.6. The highest BCUT2D eigenvalue weighted by Crippen LogP contribution is 2.41. The molecule has 3 rings (SSSR count). The fraction of sp³-hybridized carbons (Fsp3) is 0.304. The first-order chi connectivity index (χ1) is 14.1. The molecule has 0 aliphatic carbocycles. The predicted molar refractivity (Wildman–Crippen MR) is 111 cm³/mol. The van der Waals surface area contributed by atoms with Crippen LogP contribution in [0.2, 0.25) is 0 Å². The summed E-state index contributed by atoms with van der Waals surface area (Å²) in [5.74, 6) is 1.09. The average molecular weight is 395 g/mol. The Morgan fingerprint density at radius 2 is 1.55 bits per heavy atom. The lowest BCUT2D eigenvalue weighted by Crippen LogP contribution is -2.13. The Hall–Kier alpha value is -3.28. The molecule has 0 atom stereocenters. The van der Waals surface area contributed by atoms with Crippen LogP contribution >= 0.6 is 0 Å². The minimum Gasteiger partial charge on any atom is -0.490 e. The minimum atomic E-state index is -0.548. The molecule has 6 nitrogen and oxygen atoms in total. The molecule has 3 aromatic rings. The summed E-state index contributed by atoms with van der Waals surface area (Å²) in [7, 11) is 0. The largest absolute Gasteiger partial charge is 0.490 e. The van der Waals surface area contributed by atoms with Crippen molar-refractivity contribution in [2.45, 2.75) is 27.7 Å². The topological polar surface area (TPSA) is 66.9 Å². The molecule has 0 N–H and O–H groups in total. The first-order valence-electron chi connectivity index (χ1n) is 9.72. The molecular weight excluding hydrogens is 370 g/mol. The summed E-state index contributed by atoms with van der Waals surface area (Å²) in [5, 5.41) is 0.896. The molecule has 0 unspecified atom stereocenters. The van der Waals surface area contributed by atoms with Crippen molar-refractivity contribution in [2.24, 2.45) is 0 Å². The van der Waals surface area contributed by atoms with Crippen LogP contribution in [0, 0.1) is 6.92 Å². The van der Waals surface area contributed by atoms with Gasteiger partial charge in [0.1, 0.15) is 11.1 Å². The summed E-state index contributed by atoms with van der Waals surface area (Å²) in [6.07, 6.45) is 0. The van der Waals surface area contributed by atoms with Gasteiger partial charge in [-0.1, -0.05) is 18.2 Å². The molecule has 0 saturated carbocycles. The van der Waals surface area contributed by atoms with Crippen LogP contribution in [0.25, 0.3) is 10.9 Å². The number of aryl methyl sites for hydroxylation is 1. The van der Waals surface area contributed by atoms with Gasteiger partial charge < -0.3 is 18.9 Å². The van der Waals surface area contributed by atoms with Crippen LogP contribution in [0.4, 0.5) is 0 Å². The van der Waals surface area contributed by atoms with Gasteiger partial charge in [-0.25, -0.2) is 9.78 Å². The molecule has 0 fully saturated rings. The maximum absolute atomic E-state index is 13.0. The standard InChI is InChI=1S/C23H25NO5/c1-5-26-19-14-13-17(21(27-6-2)22(19)28-7-3)23(25)29-18-10-8-9-16-12-11-15(4)24-20(16)18/h8-14H,5-7H2,1-4H3. The molecule has 6 heteroatoms. The van der Waals surface area contributed by atoms with Gasteiger partial charge in [-0.05, 0) is 52.0 Å². The van der Waals surface area contributed by atoms with E-state index in [4.69, 9.17) is 18.9 Å². The molecule has 0 radical (unpaired) electrons. The molecule has 0 amide bonds. The Balaban J connectivity index is 2.03. The van der Waals surface area contributed by atoms with Crippen LogP contribution in [-0.2, 0) is 0 Å². The number of esters is 1. The molecule has 0 saturated heterocycles. The lowest BCUT2D eigenvalue weighted by Gasteiger charge is -2.18. The number of pyridine rings is 1. The zero-order valence-electron chi connectivity index (χ0n) is 17.2. The second-order valence-electron chi connectivity index (χ2n) is 6.24. The van der Waals surface area contributed by atoms with Gasteiger partial charge in [0.2, 0.25) is 5.75 Å². The van der Waals surface area contributed by atoms with Gasteiger partial charge in [0, 0.05) is 11.1 Å². The number of benzene rings is 2. The molecule has 2 aromatic carbocycles. The molecule has 0 aliphatic heterocycles. The smallest absolute Gasteiger partial charge is 0.347 e. The number of hydrogen-bond acceptors (Lipinski definition) is 6. The fourth-order valence-electron chi connectivity index (χ4n) is 3.00. The van der Waals surface area contributed by atoms with Crippen molar-refractivity contribution < 1.29 is 23.7 Å². The summed E-state index contributed by atoms with van der Waals surface area (Å²) >= 11 is 0. The van der Waals surface area contributed by atoms with Crippen LogP contribution in [0.5, 0.6) is 23.0 Å². The quantitative estimate of drug-likeness (QED) is 0.397. The monoisotopic (exact) mass is 395 g/mol. The van der Waals surface area contributed by atoms with E-state index in [1.54, 1.807) is 18.2 Å². The fourth-order valence-corrected chi connectivity index (χ4v) is 3.00. The third-order valence-electron chi connectivity index (χ3n) is 4.20. The van der Waals surface area contributed by atoms with E-state index in [0.29, 0.717) is 48.3 Å². The molecule has 0 aliphatic rings. The van der Waals surface area contributed by atoms with E-state index in [1.165, 1.54) is 0 Å². The Kier molecular flexibility index (Phi) is 6.54. The Morgan fingerprint density at radius 1 is 0.828 bits per heavy atom. The zero-order chi connectivity index (χ0) is 20.8. The minimum absolute atomic E-state index is 0.267. The molecule has 1 aromatic heterocycles. The second-order valence-corrected chi connectivity index (χ2v) is 6.24. The molecule has 0 spiro atoms. The third kappa shape index (κ3) is 4.42. The molecule has 29 heavy (non-hydrogen) atoms. The van der Waals surface area contributed by atoms with Gasteiger partial charge >= 0.3 is 5.97 Å². The van der Waals surface area contributed by atoms with E-state index < -0.39 is 5.97 Å². The van der Waals surface area contributed by atoms with Gasteiger partial charge in [0.15, 0.2) is 17.2 Å². The highest BCUT2D eigenvalue weighted by molar-refractivity contribution is 5.97. The van der Waals surface area contributed by atoms with E-state index in [2.05, 4.69) is 4.98 Å². The van der Waals surface area contributed by atoms with E-state index in [0.717, 1.165) is 11.1 Å². The van der Waals surface area contributed by atoms with Gasteiger partial charge in [-0.3, -0.25) is 0 Å². The van der Waals surface area contributed by atoms with Crippen molar-refractivity contribution in [3.63, 3.8) is 0 Å². The summed E-state index contributed by atoms with van der Waals surface area (Å²) in [5.41, 5.74) is 1.74. The average Bonchev–Trinajstić information content (AvgIpc) is 2.71. The summed E-state index contributed by atoms with van der Waals surface area (Å²) in [6, 6.07) is 12.7. The Bertz CT molecular complexity index is 1020. The lowest BCUT2D eigenvalue weighted by atomic mass is 10.1. The number of fused-ring (bicyclic) bond motifs is 1. The predicted octanol–water partition coefficient (Wildman–Crippen LogP) is 4.96. The number of carbonyl (C=O) groups is 1. The Labute approximate surface area is 170 Å². The molecule has 152 valence electrons. The van der Waals surface area contributed by atoms with E-state index in [1.807, 2.05) is 52.0 Å². The number of carbonyl (C=O) groups excluding carboxylic acids is 1.